The average molecular weight is 338 g/mol. The monoisotopic (exact) mass is 338 g/mol. The Hall–Kier alpha value is -3.28. The third-order valence-electron chi connectivity index (χ3n) is 3.71. The number of hydrogen-bond acceptors (Lipinski definition) is 4. The number of furan rings is 1. The van der Waals surface area contributed by atoms with E-state index in [0.29, 0.717) is 17.2 Å². The number of amides is 1. The molecule has 0 radical (unpaired) electrons. The molecule has 0 saturated carbocycles. The number of carbonyl (C=O) groups excluding carboxylic acids is 1. The molecule has 0 unspecified atom stereocenters. The number of anilines is 1. The predicted octanol–water partition coefficient (Wildman–Crippen LogP) is 3.06. The number of hydrogen-bond donors (Lipinski definition) is 1. The summed E-state index contributed by atoms with van der Waals surface area (Å²) >= 11 is 0. The van der Waals surface area contributed by atoms with Crippen LogP contribution in [-0.4, -0.2) is 17.6 Å². The summed E-state index contributed by atoms with van der Waals surface area (Å²) in [6, 6.07) is 13.7. The number of rotatable bonds is 5. The maximum absolute atomic E-state index is 12.4. The van der Waals surface area contributed by atoms with Gasteiger partial charge in [0, 0.05) is 12.3 Å². The van der Waals surface area contributed by atoms with Gasteiger partial charge in [-0.25, -0.2) is 0 Å². The van der Waals surface area contributed by atoms with E-state index in [0.717, 1.165) is 5.56 Å². The first-order chi connectivity index (χ1) is 12.1. The lowest BCUT2D eigenvalue weighted by atomic mass is 10.2. The topological polar surface area (TPSA) is 73.5 Å². The zero-order valence-corrected chi connectivity index (χ0v) is 14.0. The second-order valence-electron chi connectivity index (χ2n) is 5.59. The first-order valence-electron chi connectivity index (χ1n) is 7.77. The lowest BCUT2D eigenvalue weighted by Gasteiger charge is -2.10. The maximum atomic E-state index is 12.4. The standard InChI is InChI=1S/C19H18N2O4/c1-13-6-8-16(24-2)15(11-13)20-19(23)17-9-7-14(25-17)12-21-10-4-3-5-18(21)22/h3-11H,12H2,1-2H3,(H,20,23). The van der Waals surface area contributed by atoms with E-state index in [4.69, 9.17) is 9.15 Å². The van der Waals surface area contributed by atoms with Gasteiger partial charge in [-0.05, 0) is 42.8 Å². The van der Waals surface area contributed by atoms with Crippen molar-refractivity contribution < 1.29 is 13.9 Å². The number of methoxy groups -OCH3 is 1. The van der Waals surface area contributed by atoms with Gasteiger partial charge in [-0.3, -0.25) is 9.59 Å². The van der Waals surface area contributed by atoms with Crippen LogP contribution >= 0.6 is 0 Å². The summed E-state index contributed by atoms with van der Waals surface area (Å²) in [4.78, 5) is 24.1. The quantitative estimate of drug-likeness (QED) is 0.776. The van der Waals surface area contributed by atoms with Crippen LogP contribution in [0.1, 0.15) is 21.9 Å². The van der Waals surface area contributed by atoms with Crippen LogP contribution < -0.4 is 15.6 Å². The number of nitrogens with one attached hydrogen (secondary N) is 1. The third-order valence-corrected chi connectivity index (χ3v) is 3.71. The minimum Gasteiger partial charge on any atom is -0.495 e. The van der Waals surface area contributed by atoms with E-state index in [1.54, 1.807) is 43.6 Å². The molecule has 6 nitrogen and oxygen atoms in total. The summed E-state index contributed by atoms with van der Waals surface area (Å²) in [6.45, 7) is 2.19. The molecule has 0 saturated heterocycles. The number of benzene rings is 1. The van der Waals surface area contributed by atoms with Gasteiger partial charge in [-0.2, -0.15) is 0 Å². The van der Waals surface area contributed by atoms with Gasteiger partial charge < -0.3 is 19.0 Å². The minimum absolute atomic E-state index is 0.130. The van der Waals surface area contributed by atoms with Gasteiger partial charge in [0.2, 0.25) is 0 Å². The summed E-state index contributed by atoms with van der Waals surface area (Å²) in [7, 11) is 1.54. The van der Waals surface area contributed by atoms with Gasteiger partial charge >= 0.3 is 0 Å². The van der Waals surface area contributed by atoms with Crippen molar-refractivity contribution >= 4 is 11.6 Å². The SMILES string of the molecule is COc1ccc(C)cc1NC(=O)c1ccc(Cn2ccccc2=O)o1. The number of nitrogens with zero attached hydrogens (tertiary/aromatic N) is 1. The van der Waals surface area contributed by atoms with Gasteiger partial charge in [0.15, 0.2) is 5.76 Å². The second-order valence-corrected chi connectivity index (χ2v) is 5.59. The average Bonchev–Trinajstić information content (AvgIpc) is 3.06. The Morgan fingerprint density at radius 2 is 2.04 bits per heavy atom. The highest BCUT2D eigenvalue weighted by Crippen LogP contribution is 2.26. The fourth-order valence-corrected chi connectivity index (χ4v) is 2.45. The fourth-order valence-electron chi connectivity index (χ4n) is 2.45. The predicted molar refractivity (Wildman–Crippen MR) is 94.2 cm³/mol. The van der Waals surface area contributed by atoms with Crippen molar-refractivity contribution in [1.82, 2.24) is 4.57 Å². The maximum Gasteiger partial charge on any atom is 0.291 e. The van der Waals surface area contributed by atoms with Gasteiger partial charge in [0.05, 0.1) is 19.3 Å². The van der Waals surface area contributed by atoms with Crippen LogP contribution in [0.25, 0.3) is 0 Å². The summed E-state index contributed by atoms with van der Waals surface area (Å²) in [5, 5.41) is 2.78. The molecule has 3 rings (SSSR count). The van der Waals surface area contributed by atoms with Crippen molar-refractivity contribution in [2.24, 2.45) is 0 Å². The Bertz CT molecular complexity index is 956. The molecule has 1 amide bonds. The van der Waals surface area contributed by atoms with Gasteiger partial charge in [0.1, 0.15) is 11.5 Å². The van der Waals surface area contributed by atoms with Gasteiger partial charge in [-0.1, -0.05) is 12.1 Å². The normalized spacial score (nSPS) is 10.5. The molecule has 2 heterocycles. The van der Waals surface area contributed by atoms with E-state index in [9.17, 15) is 9.59 Å². The number of carbonyl (C=O) groups is 1. The first-order valence-corrected chi connectivity index (χ1v) is 7.77. The summed E-state index contributed by atoms with van der Waals surface area (Å²) < 4.78 is 12.3. The minimum atomic E-state index is -0.379. The van der Waals surface area contributed by atoms with Crippen molar-refractivity contribution in [2.75, 3.05) is 12.4 Å². The highest BCUT2D eigenvalue weighted by atomic mass is 16.5. The first kappa shape index (κ1) is 16.6. The van der Waals surface area contributed by atoms with Crippen molar-refractivity contribution in [2.45, 2.75) is 13.5 Å². The molecule has 128 valence electrons. The molecule has 1 aromatic carbocycles. The molecule has 0 aliphatic rings. The number of aryl methyl sites for hydroxylation is 1. The zero-order chi connectivity index (χ0) is 17.8. The van der Waals surface area contributed by atoms with Crippen LogP contribution in [0, 0.1) is 6.92 Å². The Balaban J connectivity index is 1.76. The van der Waals surface area contributed by atoms with Crippen LogP contribution in [0.2, 0.25) is 0 Å². The van der Waals surface area contributed by atoms with Crippen LogP contribution in [0.3, 0.4) is 0 Å². The fraction of sp³-hybridized carbons (Fsp3) is 0.158. The molecule has 3 aromatic rings. The Morgan fingerprint density at radius 3 is 2.80 bits per heavy atom. The Labute approximate surface area is 144 Å². The highest BCUT2D eigenvalue weighted by molar-refractivity contribution is 6.03. The van der Waals surface area contributed by atoms with Gasteiger partial charge in [-0.15, -0.1) is 0 Å². The van der Waals surface area contributed by atoms with Crippen molar-refractivity contribution in [1.29, 1.82) is 0 Å². The molecule has 0 aliphatic heterocycles. The molecule has 2 aromatic heterocycles. The molecule has 0 aliphatic carbocycles. The highest BCUT2D eigenvalue weighted by Gasteiger charge is 2.14. The van der Waals surface area contributed by atoms with Crippen LogP contribution in [0.4, 0.5) is 5.69 Å². The van der Waals surface area contributed by atoms with E-state index < -0.39 is 0 Å². The smallest absolute Gasteiger partial charge is 0.291 e. The largest absolute Gasteiger partial charge is 0.495 e. The third kappa shape index (κ3) is 3.80. The van der Waals surface area contributed by atoms with E-state index in [2.05, 4.69) is 5.32 Å². The van der Waals surface area contributed by atoms with Crippen LogP contribution in [-0.2, 0) is 6.54 Å². The molecule has 1 N–H and O–H groups in total. The molecular formula is C19H18N2O4. The van der Waals surface area contributed by atoms with E-state index in [1.165, 1.54) is 10.6 Å². The number of aromatic nitrogens is 1. The lowest BCUT2D eigenvalue weighted by Crippen LogP contribution is -2.18. The van der Waals surface area contributed by atoms with Crippen LogP contribution in [0.5, 0.6) is 5.75 Å². The Kier molecular flexibility index (Phi) is 4.70. The molecule has 0 spiro atoms. The second kappa shape index (κ2) is 7.09. The van der Waals surface area contributed by atoms with Crippen LogP contribution in [0.15, 0.2) is 63.9 Å². The molecule has 0 bridgehead atoms. The molecule has 0 fully saturated rings. The van der Waals surface area contributed by atoms with E-state index in [-0.39, 0.29) is 23.8 Å². The molecular weight excluding hydrogens is 320 g/mol. The summed E-state index contributed by atoms with van der Waals surface area (Å²) in [5.74, 6) is 0.884. The zero-order valence-electron chi connectivity index (χ0n) is 14.0. The molecule has 6 heteroatoms. The Morgan fingerprint density at radius 1 is 1.20 bits per heavy atom. The number of pyridine rings is 1. The summed E-state index contributed by atoms with van der Waals surface area (Å²) in [5.41, 5.74) is 1.44. The molecule has 25 heavy (non-hydrogen) atoms. The van der Waals surface area contributed by atoms with Crippen molar-refractivity contribution in [3.05, 3.63) is 82.2 Å². The number of ether oxygens (including phenoxy) is 1. The van der Waals surface area contributed by atoms with E-state index >= 15 is 0 Å². The molecule has 0 atom stereocenters. The lowest BCUT2D eigenvalue weighted by molar-refractivity contribution is 0.0994. The van der Waals surface area contributed by atoms with Gasteiger partial charge in [0.25, 0.3) is 11.5 Å². The van der Waals surface area contributed by atoms with Crippen molar-refractivity contribution in [3.8, 4) is 5.75 Å². The van der Waals surface area contributed by atoms with Crippen molar-refractivity contribution in [3.63, 3.8) is 0 Å². The summed E-state index contributed by atoms with van der Waals surface area (Å²) in [6.07, 6.45) is 1.67. The van der Waals surface area contributed by atoms with E-state index in [1.807, 2.05) is 19.1 Å².